The van der Waals surface area contributed by atoms with Crippen LogP contribution in [-0.2, 0) is 11.3 Å². The Balaban J connectivity index is 1.33. The molecular formula is C28H33N5O3S. The fourth-order valence-electron chi connectivity index (χ4n) is 5.73. The lowest BCUT2D eigenvalue weighted by atomic mass is 9.96. The van der Waals surface area contributed by atoms with E-state index < -0.39 is 0 Å². The van der Waals surface area contributed by atoms with Crippen molar-refractivity contribution in [2.24, 2.45) is 0 Å². The number of ether oxygens (including phenoxy) is 3. The number of nitrogens with zero attached hydrogens (tertiary/aromatic N) is 4. The van der Waals surface area contributed by atoms with Crippen LogP contribution in [0.4, 0.5) is 5.69 Å². The van der Waals surface area contributed by atoms with Crippen LogP contribution in [-0.4, -0.2) is 59.2 Å². The van der Waals surface area contributed by atoms with Gasteiger partial charge in [0.05, 0.1) is 31.0 Å². The number of nitrogens with one attached hydrogen (secondary N) is 1. The number of morpholine rings is 1. The molecule has 0 aliphatic carbocycles. The van der Waals surface area contributed by atoms with Gasteiger partial charge in [0.2, 0.25) is 6.79 Å². The number of benzene rings is 1. The van der Waals surface area contributed by atoms with Crippen LogP contribution < -0.4 is 19.7 Å². The Kier molecular flexibility index (Phi) is 6.75. The molecule has 0 spiro atoms. The Bertz CT molecular complexity index is 1270. The van der Waals surface area contributed by atoms with E-state index in [9.17, 15) is 0 Å². The van der Waals surface area contributed by atoms with Crippen LogP contribution in [0.1, 0.15) is 41.1 Å². The number of aromatic nitrogens is 2. The normalized spacial score (nSPS) is 21.5. The summed E-state index contributed by atoms with van der Waals surface area (Å²) in [6, 6.07) is 14.3. The van der Waals surface area contributed by atoms with Crippen molar-refractivity contribution in [3.63, 3.8) is 0 Å². The summed E-state index contributed by atoms with van der Waals surface area (Å²) in [6.07, 6.45) is 2.95. The van der Waals surface area contributed by atoms with Gasteiger partial charge < -0.3 is 29.0 Å². The lowest BCUT2D eigenvalue weighted by Gasteiger charge is -2.28. The molecule has 2 atom stereocenters. The maximum Gasteiger partial charge on any atom is 0.231 e. The maximum absolute atomic E-state index is 5.92. The van der Waals surface area contributed by atoms with E-state index in [1.54, 1.807) is 0 Å². The van der Waals surface area contributed by atoms with Gasteiger partial charge in [0.15, 0.2) is 16.6 Å². The summed E-state index contributed by atoms with van der Waals surface area (Å²) >= 11 is 5.92. The molecule has 9 heteroatoms. The summed E-state index contributed by atoms with van der Waals surface area (Å²) in [5.74, 6) is 1.51. The topological polar surface area (TPSA) is 64.0 Å². The molecule has 6 rings (SSSR count). The average Bonchev–Trinajstić information content (AvgIpc) is 3.61. The molecule has 8 nitrogen and oxygen atoms in total. The first-order chi connectivity index (χ1) is 18.1. The van der Waals surface area contributed by atoms with Crippen molar-refractivity contribution < 1.29 is 14.2 Å². The van der Waals surface area contributed by atoms with Crippen LogP contribution in [0.25, 0.3) is 0 Å². The van der Waals surface area contributed by atoms with E-state index in [0.717, 1.165) is 68.7 Å². The van der Waals surface area contributed by atoms with E-state index in [4.69, 9.17) is 31.4 Å². The molecule has 0 radical (unpaired) electrons. The second kappa shape index (κ2) is 10.3. The quantitative estimate of drug-likeness (QED) is 0.468. The van der Waals surface area contributed by atoms with Crippen molar-refractivity contribution in [3.8, 4) is 11.5 Å². The average molecular weight is 520 g/mol. The summed E-state index contributed by atoms with van der Waals surface area (Å²) in [7, 11) is 0. The highest BCUT2D eigenvalue weighted by molar-refractivity contribution is 7.80. The zero-order chi connectivity index (χ0) is 25.4. The van der Waals surface area contributed by atoms with Gasteiger partial charge in [-0.3, -0.25) is 9.88 Å². The van der Waals surface area contributed by atoms with Crippen LogP contribution >= 0.6 is 12.2 Å². The van der Waals surface area contributed by atoms with Gasteiger partial charge in [0, 0.05) is 55.5 Å². The molecule has 1 aromatic carbocycles. The summed E-state index contributed by atoms with van der Waals surface area (Å²) in [5, 5.41) is 4.25. The highest BCUT2D eigenvalue weighted by Crippen LogP contribution is 2.45. The van der Waals surface area contributed by atoms with E-state index in [2.05, 4.69) is 51.7 Å². The highest BCUT2D eigenvalue weighted by Gasteiger charge is 2.42. The summed E-state index contributed by atoms with van der Waals surface area (Å²) in [6.45, 7) is 10.5. The largest absolute Gasteiger partial charge is 0.454 e. The molecule has 5 heterocycles. The molecule has 0 bridgehead atoms. The van der Waals surface area contributed by atoms with Crippen molar-refractivity contribution in [1.82, 2.24) is 19.8 Å². The minimum absolute atomic E-state index is 0.0537. The molecule has 2 fully saturated rings. The first-order valence-corrected chi connectivity index (χ1v) is 13.4. The second-order valence-corrected chi connectivity index (χ2v) is 10.2. The molecule has 3 aromatic rings. The fourth-order valence-corrected chi connectivity index (χ4v) is 6.08. The molecule has 194 valence electrons. The SMILES string of the molecule is Cc1cc([C@H]2[C@@H](c3ccccn3)NC(=S)N2c2ccc3c(c2)OCO3)c(C)n1CCCN1CCOCC1. The third-order valence-electron chi connectivity index (χ3n) is 7.62. The summed E-state index contributed by atoms with van der Waals surface area (Å²) in [5.41, 5.74) is 5.72. The molecule has 2 saturated heterocycles. The lowest BCUT2D eigenvalue weighted by molar-refractivity contribution is 0.0369. The maximum atomic E-state index is 5.92. The third-order valence-corrected chi connectivity index (χ3v) is 7.94. The Hall–Kier alpha value is -3.14. The first kappa shape index (κ1) is 24.2. The number of fused-ring (bicyclic) bond motifs is 1. The van der Waals surface area contributed by atoms with Crippen LogP contribution in [0.15, 0.2) is 48.7 Å². The molecular weight excluding hydrogens is 486 g/mol. The lowest BCUT2D eigenvalue weighted by Crippen LogP contribution is -2.37. The molecule has 0 saturated carbocycles. The van der Waals surface area contributed by atoms with Crippen molar-refractivity contribution in [3.05, 3.63) is 71.3 Å². The van der Waals surface area contributed by atoms with Gasteiger partial charge in [-0.1, -0.05) is 6.07 Å². The van der Waals surface area contributed by atoms with Crippen molar-refractivity contribution in [1.29, 1.82) is 0 Å². The van der Waals surface area contributed by atoms with Gasteiger partial charge >= 0.3 is 0 Å². The summed E-state index contributed by atoms with van der Waals surface area (Å²) < 4.78 is 19.2. The van der Waals surface area contributed by atoms with Crippen LogP contribution in [0, 0.1) is 13.8 Å². The molecule has 3 aliphatic heterocycles. The van der Waals surface area contributed by atoms with E-state index in [1.807, 2.05) is 30.5 Å². The minimum atomic E-state index is -0.0820. The predicted molar refractivity (Wildman–Crippen MR) is 146 cm³/mol. The minimum Gasteiger partial charge on any atom is -0.454 e. The zero-order valence-corrected chi connectivity index (χ0v) is 22.2. The zero-order valence-electron chi connectivity index (χ0n) is 21.4. The Labute approximate surface area is 223 Å². The standard InChI is InChI=1S/C28H33N5O3S/c1-19-16-22(20(2)32(19)11-5-10-31-12-14-34-15-13-31)27-26(23-6-3-4-9-29-23)30-28(37)33(27)21-7-8-24-25(17-21)36-18-35-24/h3-4,6-9,16-17,26-27H,5,10-15,18H2,1-2H3,(H,30,37)/t26-,27+/m1/s1. The molecule has 2 aromatic heterocycles. The monoisotopic (exact) mass is 519 g/mol. The van der Waals surface area contributed by atoms with E-state index in [0.29, 0.717) is 5.11 Å². The van der Waals surface area contributed by atoms with E-state index in [1.165, 1.54) is 17.0 Å². The molecule has 1 N–H and O–H groups in total. The number of hydrogen-bond acceptors (Lipinski definition) is 6. The fraction of sp³-hybridized carbons (Fsp3) is 0.429. The highest BCUT2D eigenvalue weighted by atomic mass is 32.1. The van der Waals surface area contributed by atoms with Gasteiger partial charge in [-0.15, -0.1) is 0 Å². The second-order valence-electron chi connectivity index (χ2n) is 9.82. The number of rotatable bonds is 7. The Morgan fingerprint density at radius 2 is 1.86 bits per heavy atom. The number of hydrogen-bond donors (Lipinski definition) is 1. The van der Waals surface area contributed by atoms with Crippen LogP contribution in [0.3, 0.4) is 0 Å². The smallest absolute Gasteiger partial charge is 0.231 e. The van der Waals surface area contributed by atoms with Crippen molar-refractivity contribution in [2.45, 2.75) is 38.9 Å². The van der Waals surface area contributed by atoms with Gasteiger partial charge in [-0.2, -0.15) is 0 Å². The van der Waals surface area contributed by atoms with Crippen LogP contribution in [0.2, 0.25) is 0 Å². The van der Waals surface area contributed by atoms with Crippen molar-refractivity contribution >= 4 is 23.0 Å². The van der Waals surface area contributed by atoms with Gasteiger partial charge in [0.25, 0.3) is 0 Å². The molecule has 3 aliphatic rings. The Morgan fingerprint density at radius 1 is 1.03 bits per heavy atom. The van der Waals surface area contributed by atoms with Gasteiger partial charge in [-0.25, -0.2) is 0 Å². The van der Waals surface area contributed by atoms with Gasteiger partial charge in [0.1, 0.15) is 0 Å². The number of aryl methyl sites for hydroxylation is 1. The predicted octanol–water partition coefficient (Wildman–Crippen LogP) is 4.13. The van der Waals surface area contributed by atoms with Crippen LogP contribution in [0.5, 0.6) is 11.5 Å². The third kappa shape index (κ3) is 4.67. The number of anilines is 1. The van der Waals surface area contributed by atoms with E-state index in [-0.39, 0.29) is 18.9 Å². The van der Waals surface area contributed by atoms with E-state index >= 15 is 0 Å². The summed E-state index contributed by atoms with van der Waals surface area (Å²) in [4.78, 5) is 9.40. The first-order valence-electron chi connectivity index (χ1n) is 13.0. The molecule has 0 amide bonds. The van der Waals surface area contributed by atoms with Crippen molar-refractivity contribution in [2.75, 3.05) is 44.5 Å². The number of thiocarbonyl (C=S) groups is 1. The Morgan fingerprint density at radius 3 is 2.68 bits per heavy atom. The number of pyridine rings is 1. The van der Waals surface area contributed by atoms with Gasteiger partial charge in [-0.05, 0) is 68.4 Å². The molecule has 0 unspecified atom stereocenters. The molecule has 37 heavy (non-hydrogen) atoms.